The van der Waals surface area contributed by atoms with E-state index in [2.05, 4.69) is 229 Å². The molecule has 0 unspecified atom stereocenters. The lowest BCUT2D eigenvalue weighted by Gasteiger charge is -2.26. The first-order valence-corrected chi connectivity index (χ1v) is 22.4. The number of hydrogen-bond donors (Lipinski definition) is 0. The summed E-state index contributed by atoms with van der Waals surface area (Å²) in [5.41, 5.74) is 16.5. The van der Waals surface area contributed by atoms with E-state index in [9.17, 15) is 0 Å². The Bertz CT molecular complexity index is 2510. The van der Waals surface area contributed by atoms with Crippen LogP contribution in [0.25, 0.3) is 21.9 Å². The van der Waals surface area contributed by atoms with Crippen LogP contribution < -0.4 is 32.8 Å². The Balaban J connectivity index is 1.24. The molecule has 296 valence electrons. The van der Waals surface area contributed by atoms with E-state index in [1.807, 2.05) is 11.8 Å². The molecule has 3 heteroatoms. The van der Waals surface area contributed by atoms with Gasteiger partial charge in [0.15, 0.2) is 0 Å². The van der Waals surface area contributed by atoms with Crippen LogP contribution in [-0.2, 0) is 21.7 Å². The van der Waals surface area contributed by atoms with Crippen molar-refractivity contribution in [3.8, 4) is 11.1 Å². The minimum absolute atomic E-state index is 0.0981. The highest BCUT2D eigenvalue weighted by Gasteiger charge is 2.30. The van der Waals surface area contributed by atoms with Crippen LogP contribution in [0.5, 0.6) is 0 Å². The molecule has 1 aliphatic rings. The van der Waals surface area contributed by atoms with Crippen molar-refractivity contribution >= 4 is 68.7 Å². The molecule has 0 atom stereocenters. The average Bonchev–Trinajstić information content (AvgIpc) is 3.18. The normalized spacial score (nSPS) is 13.0. The van der Waals surface area contributed by atoms with E-state index >= 15 is 0 Å². The number of rotatable bonds is 6. The van der Waals surface area contributed by atoms with Gasteiger partial charge in [-0.05, 0) is 66.5 Å². The minimum atomic E-state index is 0.0981. The molecule has 0 aromatic heterocycles. The van der Waals surface area contributed by atoms with Gasteiger partial charge in [0.25, 0.3) is 0 Å². The van der Waals surface area contributed by atoms with E-state index in [4.69, 9.17) is 0 Å². The van der Waals surface area contributed by atoms with Crippen LogP contribution in [0.4, 0.5) is 0 Å². The number of fused-ring (bicyclic) bond motifs is 2. The maximum absolute atomic E-state index is 2.48. The van der Waals surface area contributed by atoms with Crippen molar-refractivity contribution in [2.24, 2.45) is 0 Å². The van der Waals surface area contributed by atoms with Crippen molar-refractivity contribution in [1.29, 1.82) is 0 Å². The van der Waals surface area contributed by atoms with Gasteiger partial charge in [0, 0.05) is 15.2 Å². The second kappa shape index (κ2) is 15.1. The van der Waals surface area contributed by atoms with Crippen LogP contribution in [0.2, 0.25) is 0 Å². The Labute approximate surface area is 360 Å². The fourth-order valence-corrected chi connectivity index (χ4v) is 10.1. The fourth-order valence-electron chi connectivity index (χ4n) is 8.93. The van der Waals surface area contributed by atoms with E-state index in [1.165, 1.54) is 86.7 Å². The second-order valence-electron chi connectivity index (χ2n) is 21.1. The third-order valence-corrected chi connectivity index (χ3v) is 13.8. The maximum Gasteiger partial charge on any atom is 0.241 e. The largest absolute Gasteiger partial charge is 0.241 e. The highest BCUT2D eigenvalue weighted by atomic mass is 32.2. The third-order valence-electron chi connectivity index (χ3n) is 12.6. The summed E-state index contributed by atoms with van der Waals surface area (Å²) in [6, 6.07) is 56.6. The Morgan fingerprint density at radius 3 is 1.12 bits per heavy atom. The lowest BCUT2D eigenvalue weighted by Crippen LogP contribution is -2.52. The standard InChI is InChI=1S/C56H60B2S/c1-53(2,3)37-16-24-41(25-17-37)57(42-26-18-38(19-27-42)54(4,5)6)45-32-33-46-47-34-35-49(48-14-13-15-50(52(47)48)59-51(46)36-45)58(43-28-20-39(21-29-43)55(7,8)9)44-30-22-40(23-31-44)56(10,11)12/h13-36H,1-12H3. The molecule has 0 fully saturated rings. The van der Waals surface area contributed by atoms with Gasteiger partial charge in [-0.3, -0.25) is 0 Å². The lowest BCUT2D eigenvalue weighted by molar-refractivity contribution is 0.590. The molecule has 0 saturated carbocycles. The fraction of sp³-hybridized carbons (Fsp3) is 0.286. The van der Waals surface area contributed by atoms with Crippen molar-refractivity contribution in [1.82, 2.24) is 0 Å². The van der Waals surface area contributed by atoms with E-state index in [1.54, 1.807) is 0 Å². The molecule has 0 spiro atoms. The van der Waals surface area contributed by atoms with E-state index in [-0.39, 0.29) is 35.1 Å². The summed E-state index contributed by atoms with van der Waals surface area (Å²) in [5.74, 6) is 0. The predicted molar refractivity (Wildman–Crippen MR) is 263 cm³/mol. The summed E-state index contributed by atoms with van der Waals surface area (Å²) < 4.78 is 0. The summed E-state index contributed by atoms with van der Waals surface area (Å²) in [4.78, 5) is 2.65. The Kier molecular flexibility index (Phi) is 10.5. The summed E-state index contributed by atoms with van der Waals surface area (Å²) in [6.45, 7) is 27.8. The first-order chi connectivity index (χ1) is 27.8. The smallest absolute Gasteiger partial charge is 0.0888 e. The molecule has 7 aromatic carbocycles. The van der Waals surface area contributed by atoms with Crippen LogP contribution in [0.1, 0.15) is 105 Å². The van der Waals surface area contributed by atoms with Crippen LogP contribution in [0.3, 0.4) is 0 Å². The van der Waals surface area contributed by atoms with Crippen molar-refractivity contribution < 1.29 is 0 Å². The predicted octanol–water partition coefficient (Wildman–Crippen LogP) is 11.2. The van der Waals surface area contributed by atoms with E-state index in [0.717, 1.165) is 0 Å². The quantitative estimate of drug-likeness (QED) is 0.151. The first kappa shape index (κ1) is 41.0. The van der Waals surface area contributed by atoms with Gasteiger partial charge in [-0.2, -0.15) is 0 Å². The molecule has 8 rings (SSSR count). The molecule has 0 bridgehead atoms. The molecule has 1 aliphatic heterocycles. The van der Waals surface area contributed by atoms with E-state index < -0.39 is 0 Å². The molecule has 0 radical (unpaired) electrons. The first-order valence-electron chi connectivity index (χ1n) is 21.6. The summed E-state index contributed by atoms with van der Waals surface area (Å²) >= 11 is 1.93. The molecular formula is C56H60B2S. The van der Waals surface area contributed by atoms with Crippen LogP contribution in [0.15, 0.2) is 155 Å². The zero-order valence-electron chi connectivity index (χ0n) is 37.4. The SMILES string of the molecule is CC(C)(C)c1ccc(B(c2ccc(C(C)(C)C)cc2)c2ccc3c(c2)Sc2cccc4c(B(c5ccc(C(C)(C)C)cc5)c5ccc(C(C)(C)C)cc5)ccc-3c24)cc1. The minimum Gasteiger partial charge on any atom is -0.0888 e. The van der Waals surface area contributed by atoms with Gasteiger partial charge in [0.05, 0.1) is 0 Å². The summed E-state index contributed by atoms with van der Waals surface area (Å²) in [6.07, 6.45) is 0. The van der Waals surface area contributed by atoms with Crippen molar-refractivity contribution in [3.63, 3.8) is 0 Å². The molecular weight excluding hydrogens is 726 g/mol. The van der Waals surface area contributed by atoms with Gasteiger partial charge >= 0.3 is 0 Å². The molecule has 0 aliphatic carbocycles. The molecule has 7 aromatic rings. The molecule has 59 heavy (non-hydrogen) atoms. The Hall–Kier alpha value is -4.72. The monoisotopic (exact) mass is 786 g/mol. The topological polar surface area (TPSA) is 0 Å². The van der Waals surface area contributed by atoms with Gasteiger partial charge in [0.1, 0.15) is 0 Å². The average molecular weight is 787 g/mol. The zero-order chi connectivity index (χ0) is 42.1. The highest BCUT2D eigenvalue weighted by Crippen LogP contribution is 2.47. The Morgan fingerprint density at radius 2 is 0.712 bits per heavy atom. The summed E-state index contributed by atoms with van der Waals surface area (Å²) in [7, 11) is 0. The van der Waals surface area contributed by atoms with Crippen LogP contribution in [-0.4, -0.2) is 13.4 Å². The van der Waals surface area contributed by atoms with Gasteiger partial charge in [-0.25, -0.2) is 0 Å². The molecule has 1 heterocycles. The van der Waals surface area contributed by atoms with Crippen LogP contribution in [0, 0.1) is 0 Å². The molecule has 0 amide bonds. The molecule has 0 nitrogen and oxygen atoms in total. The van der Waals surface area contributed by atoms with Crippen LogP contribution >= 0.6 is 11.8 Å². The maximum atomic E-state index is 2.48. The number of benzene rings is 7. The van der Waals surface area contributed by atoms with Crippen molar-refractivity contribution in [2.45, 2.75) is 115 Å². The Morgan fingerprint density at radius 1 is 0.339 bits per heavy atom. The summed E-state index contributed by atoms with van der Waals surface area (Å²) in [5, 5.41) is 2.70. The lowest BCUT2D eigenvalue weighted by atomic mass is 9.36. The molecule has 0 N–H and O–H groups in total. The van der Waals surface area contributed by atoms with Crippen molar-refractivity contribution in [2.75, 3.05) is 0 Å². The van der Waals surface area contributed by atoms with Gasteiger partial charge in [0.2, 0.25) is 13.4 Å². The van der Waals surface area contributed by atoms with Gasteiger partial charge in [-0.1, -0.05) is 267 Å². The highest BCUT2D eigenvalue weighted by molar-refractivity contribution is 7.99. The third kappa shape index (κ3) is 8.13. The van der Waals surface area contributed by atoms with Crippen molar-refractivity contribution in [3.05, 3.63) is 168 Å². The zero-order valence-corrected chi connectivity index (χ0v) is 38.2. The van der Waals surface area contributed by atoms with E-state index in [0.29, 0.717) is 0 Å². The second-order valence-corrected chi connectivity index (χ2v) is 22.2. The van der Waals surface area contributed by atoms with Gasteiger partial charge < -0.3 is 0 Å². The van der Waals surface area contributed by atoms with Gasteiger partial charge in [-0.15, -0.1) is 0 Å². The number of hydrogen-bond acceptors (Lipinski definition) is 1. The molecule has 0 saturated heterocycles.